The molecule has 4 heteroatoms. The van der Waals surface area contributed by atoms with Crippen LogP contribution in [0.3, 0.4) is 0 Å². The minimum Gasteiger partial charge on any atom is -0.206 e. The third-order valence-corrected chi connectivity index (χ3v) is 2.55. The molecule has 0 bridgehead atoms. The largest absolute Gasteiger partial charge is 0.206 e. The van der Waals surface area contributed by atoms with Gasteiger partial charge in [-0.15, -0.1) is 0 Å². The molecule has 0 N–H and O–H groups in total. The van der Waals surface area contributed by atoms with Gasteiger partial charge >= 0.3 is 0 Å². The molecule has 0 atom stereocenters. The zero-order chi connectivity index (χ0) is 12.6. The number of hydrogen-bond acceptors (Lipinski definition) is 0. The molecule has 0 aromatic heterocycles. The maximum absolute atomic E-state index is 13.7. The van der Waals surface area contributed by atoms with Crippen LogP contribution in [0.5, 0.6) is 0 Å². The molecule has 2 aromatic rings. The maximum Gasteiger partial charge on any atom is 0.195 e. The molecule has 0 unspecified atom stereocenters. The molecule has 0 spiro atoms. The maximum atomic E-state index is 13.7. The Labute approximate surface area is 95.5 Å². The summed E-state index contributed by atoms with van der Waals surface area (Å²) >= 11 is 0. The molecule has 0 fully saturated rings. The molecule has 0 aliphatic heterocycles. The average Bonchev–Trinajstić information content (AvgIpc) is 2.36. The molecule has 2 aromatic carbocycles. The summed E-state index contributed by atoms with van der Waals surface area (Å²) in [5, 5.41) is 0. The summed E-state index contributed by atoms with van der Waals surface area (Å²) < 4.78 is 53.6. The van der Waals surface area contributed by atoms with Crippen molar-refractivity contribution in [3.05, 3.63) is 59.2 Å². The smallest absolute Gasteiger partial charge is 0.195 e. The van der Waals surface area contributed by atoms with Crippen LogP contribution in [-0.4, -0.2) is 0 Å². The average molecular weight is 240 g/mol. The molecule has 88 valence electrons. The second-order valence-corrected chi connectivity index (χ2v) is 3.62. The fourth-order valence-corrected chi connectivity index (χ4v) is 1.61. The van der Waals surface area contributed by atoms with Gasteiger partial charge in [-0.25, -0.2) is 17.6 Å². The highest BCUT2D eigenvalue weighted by molar-refractivity contribution is 5.66. The minimum atomic E-state index is -1.65. The first-order chi connectivity index (χ1) is 8.04. The van der Waals surface area contributed by atoms with Gasteiger partial charge in [0.2, 0.25) is 0 Å². The third-order valence-electron chi connectivity index (χ3n) is 2.55. The molecule has 0 heterocycles. The molecule has 17 heavy (non-hydrogen) atoms. The summed E-state index contributed by atoms with van der Waals surface area (Å²) in [6.45, 7) is 1.07. The molecule has 0 nitrogen and oxygen atoms in total. The van der Waals surface area contributed by atoms with Crippen LogP contribution in [0.1, 0.15) is 5.56 Å². The molecule has 0 saturated carbocycles. The Balaban J connectivity index is 2.80. The lowest BCUT2D eigenvalue weighted by molar-refractivity contribution is 0.431. The first-order valence-corrected chi connectivity index (χ1v) is 4.92. The first kappa shape index (κ1) is 11.6. The lowest BCUT2D eigenvalue weighted by Crippen LogP contribution is -2.02. The van der Waals surface area contributed by atoms with Crippen LogP contribution in [0.25, 0.3) is 11.1 Å². The van der Waals surface area contributed by atoms with Crippen molar-refractivity contribution in [2.45, 2.75) is 6.92 Å². The highest BCUT2D eigenvalue weighted by Gasteiger charge is 2.23. The van der Waals surface area contributed by atoms with Gasteiger partial charge in [0.15, 0.2) is 17.5 Å². The van der Waals surface area contributed by atoms with E-state index in [9.17, 15) is 17.6 Å². The van der Waals surface area contributed by atoms with Gasteiger partial charge in [-0.2, -0.15) is 0 Å². The Kier molecular flexibility index (Phi) is 2.88. The summed E-state index contributed by atoms with van der Waals surface area (Å²) in [5.41, 5.74) is -0.894. The Bertz CT molecular complexity index is 532. The van der Waals surface area contributed by atoms with Gasteiger partial charge in [0, 0.05) is 5.56 Å². The van der Waals surface area contributed by atoms with Crippen molar-refractivity contribution in [2.75, 3.05) is 0 Å². The van der Waals surface area contributed by atoms with Crippen molar-refractivity contribution >= 4 is 0 Å². The Hall–Kier alpha value is -1.84. The minimum absolute atomic E-state index is 0.171. The van der Waals surface area contributed by atoms with Crippen molar-refractivity contribution in [1.29, 1.82) is 0 Å². The van der Waals surface area contributed by atoms with Gasteiger partial charge in [0.25, 0.3) is 0 Å². The van der Waals surface area contributed by atoms with Crippen LogP contribution in [0.15, 0.2) is 30.3 Å². The predicted octanol–water partition coefficient (Wildman–Crippen LogP) is 4.22. The zero-order valence-corrected chi connectivity index (χ0v) is 8.90. The van der Waals surface area contributed by atoms with Crippen LogP contribution in [0.4, 0.5) is 17.6 Å². The van der Waals surface area contributed by atoms with Gasteiger partial charge < -0.3 is 0 Å². The monoisotopic (exact) mass is 240 g/mol. The summed E-state index contributed by atoms with van der Waals surface area (Å²) in [6, 6.07) is 7.64. The van der Waals surface area contributed by atoms with Gasteiger partial charge in [0.1, 0.15) is 5.82 Å². The number of hydrogen-bond donors (Lipinski definition) is 0. The van der Waals surface area contributed by atoms with Gasteiger partial charge in [-0.1, -0.05) is 30.3 Å². The van der Waals surface area contributed by atoms with E-state index in [0.29, 0.717) is 0 Å². The van der Waals surface area contributed by atoms with Crippen LogP contribution in [-0.2, 0) is 0 Å². The summed E-state index contributed by atoms with van der Waals surface area (Å²) in [5.74, 6) is -5.72. The second kappa shape index (κ2) is 4.20. The van der Waals surface area contributed by atoms with E-state index in [1.807, 2.05) is 0 Å². The van der Waals surface area contributed by atoms with E-state index in [1.54, 1.807) is 18.2 Å². The molecule has 0 amide bonds. The van der Waals surface area contributed by atoms with E-state index >= 15 is 0 Å². The molecule has 0 radical (unpaired) electrons. The number of benzene rings is 2. The van der Waals surface area contributed by atoms with Crippen molar-refractivity contribution in [1.82, 2.24) is 0 Å². The van der Waals surface area contributed by atoms with E-state index in [0.717, 1.165) is 6.92 Å². The standard InChI is InChI=1S/C13H8F4/c1-7-10(14)9(8-5-3-2-4-6-8)12(16)13(17)11(7)15/h2-6H,1H3. The first-order valence-electron chi connectivity index (χ1n) is 4.92. The SMILES string of the molecule is Cc1c(F)c(F)c(F)c(-c2ccccc2)c1F. The zero-order valence-electron chi connectivity index (χ0n) is 8.90. The normalized spacial score (nSPS) is 10.6. The lowest BCUT2D eigenvalue weighted by Gasteiger charge is -2.09. The highest BCUT2D eigenvalue weighted by Crippen LogP contribution is 2.31. The fourth-order valence-electron chi connectivity index (χ4n) is 1.61. The van der Waals surface area contributed by atoms with E-state index < -0.39 is 34.4 Å². The van der Waals surface area contributed by atoms with Crippen molar-refractivity contribution in [2.24, 2.45) is 0 Å². The Morgan fingerprint density at radius 3 is 1.88 bits per heavy atom. The quantitative estimate of drug-likeness (QED) is 0.397. The van der Waals surface area contributed by atoms with E-state index in [1.165, 1.54) is 12.1 Å². The fraction of sp³-hybridized carbons (Fsp3) is 0.0769. The van der Waals surface area contributed by atoms with Crippen LogP contribution in [0, 0.1) is 30.2 Å². The molecular formula is C13H8F4. The topological polar surface area (TPSA) is 0 Å². The Morgan fingerprint density at radius 1 is 0.706 bits per heavy atom. The van der Waals surface area contributed by atoms with E-state index in [2.05, 4.69) is 0 Å². The molecular weight excluding hydrogens is 232 g/mol. The lowest BCUT2D eigenvalue weighted by atomic mass is 10.0. The van der Waals surface area contributed by atoms with Crippen LogP contribution >= 0.6 is 0 Å². The number of halogens is 4. The van der Waals surface area contributed by atoms with Gasteiger partial charge in [-0.3, -0.25) is 0 Å². The molecule has 0 aliphatic rings. The Morgan fingerprint density at radius 2 is 1.29 bits per heavy atom. The summed E-state index contributed by atoms with van der Waals surface area (Å²) in [6.07, 6.45) is 0. The van der Waals surface area contributed by atoms with Crippen molar-refractivity contribution in [3.8, 4) is 11.1 Å². The van der Waals surface area contributed by atoms with Crippen LogP contribution in [0.2, 0.25) is 0 Å². The van der Waals surface area contributed by atoms with Gasteiger partial charge in [-0.05, 0) is 12.5 Å². The highest BCUT2D eigenvalue weighted by atomic mass is 19.2. The van der Waals surface area contributed by atoms with E-state index in [4.69, 9.17) is 0 Å². The van der Waals surface area contributed by atoms with Crippen molar-refractivity contribution < 1.29 is 17.6 Å². The summed E-state index contributed by atoms with van der Waals surface area (Å²) in [7, 11) is 0. The molecule has 0 saturated heterocycles. The number of rotatable bonds is 1. The predicted molar refractivity (Wildman–Crippen MR) is 56.4 cm³/mol. The van der Waals surface area contributed by atoms with E-state index in [-0.39, 0.29) is 5.56 Å². The second-order valence-electron chi connectivity index (χ2n) is 3.62. The third kappa shape index (κ3) is 1.79. The van der Waals surface area contributed by atoms with Gasteiger partial charge in [0.05, 0.1) is 5.56 Å². The molecule has 0 aliphatic carbocycles. The summed E-state index contributed by atoms with van der Waals surface area (Å²) in [4.78, 5) is 0. The van der Waals surface area contributed by atoms with Crippen LogP contribution < -0.4 is 0 Å². The molecule has 2 rings (SSSR count). The van der Waals surface area contributed by atoms with Crippen molar-refractivity contribution in [3.63, 3.8) is 0 Å².